The van der Waals surface area contributed by atoms with Crippen LogP contribution in [0.3, 0.4) is 0 Å². The van der Waals surface area contributed by atoms with E-state index in [0.717, 1.165) is 19.6 Å². The van der Waals surface area contributed by atoms with Crippen LogP contribution in [0.25, 0.3) is 0 Å². The van der Waals surface area contributed by atoms with Crippen molar-refractivity contribution in [2.45, 2.75) is 32.5 Å². The number of pyridine rings is 1. The summed E-state index contributed by atoms with van der Waals surface area (Å²) in [6.07, 6.45) is 3.73. The molecule has 1 aromatic heterocycles. The summed E-state index contributed by atoms with van der Waals surface area (Å²) in [5.41, 5.74) is 1.35. The van der Waals surface area contributed by atoms with Gasteiger partial charge in [-0.1, -0.05) is 0 Å². The predicted octanol–water partition coefficient (Wildman–Crippen LogP) is 1.26. The summed E-state index contributed by atoms with van der Waals surface area (Å²) in [7, 11) is 0. The van der Waals surface area contributed by atoms with Crippen molar-refractivity contribution in [3.8, 4) is 0 Å². The monoisotopic (exact) mass is 205 g/mol. The van der Waals surface area contributed by atoms with Crippen molar-refractivity contribution in [3.63, 3.8) is 0 Å². The fraction of sp³-hybridized carbons (Fsp3) is 0.583. The molecule has 1 fully saturated rings. The zero-order chi connectivity index (χ0) is 10.7. The molecule has 0 bridgehead atoms. The summed E-state index contributed by atoms with van der Waals surface area (Å²) in [6.45, 7) is 7.79. The quantitative estimate of drug-likeness (QED) is 0.788. The maximum atomic E-state index is 4.04. The van der Waals surface area contributed by atoms with Gasteiger partial charge in [-0.2, -0.15) is 0 Å². The van der Waals surface area contributed by atoms with E-state index in [1.807, 2.05) is 12.4 Å². The summed E-state index contributed by atoms with van der Waals surface area (Å²) in [5, 5.41) is 3.54. The molecule has 1 aliphatic heterocycles. The number of nitrogens with one attached hydrogen (secondary N) is 1. The first-order valence-electron chi connectivity index (χ1n) is 5.61. The second-order valence-electron chi connectivity index (χ2n) is 4.52. The lowest BCUT2D eigenvalue weighted by atomic mass is 10.1. The van der Waals surface area contributed by atoms with Crippen molar-refractivity contribution >= 4 is 0 Å². The lowest BCUT2D eigenvalue weighted by Crippen LogP contribution is -2.53. The van der Waals surface area contributed by atoms with Gasteiger partial charge >= 0.3 is 0 Å². The average molecular weight is 205 g/mol. The summed E-state index contributed by atoms with van der Waals surface area (Å²) < 4.78 is 0. The van der Waals surface area contributed by atoms with E-state index in [9.17, 15) is 0 Å². The van der Waals surface area contributed by atoms with Crippen LogP contribution < -0.4 is 5.32 Å². The number of aromatic nitrogens is 1. The molecule has 0 spiro atoms. The van der Waals surface area contributed by atoms with E-state index >= 15 is 0 Å². The molecule has 1 aromatic rings. The average Bonchev–Trinajstić information content (AvgIpc) is 2.17. The molecule has 0 amide bonds. The molecule has 2 unspecified atom stereocenters. The topological polar surface area (TPSA) is 28.2 Å². The zero-order valence-corrected chi connectivity index (χ0v) is 9.48. The Morgan fingerprint density at radius 1 is 1.27 bits per heavy atom. The third-order valence-corrected chi connectivity index (χ3v) is 2.79. The number of piperazine rings is 1. The molecule has 82 valence electrons. The normalized spacial score (nSPS) is 27.9. The molecular weight excluding hydrogens is 186 g/mol. The number of rotatable bonds is 2. The minimum absolute atomic E-state index is 0.593. The van der Waals surface area contributed by atoms with Crippen LogP contribution in [0, 0.1) is 0 Å². The molecule has 2 rings (SSSR count). The largest absolute Gasteiger partial charge is 0.309 e. The molecule has 0 radical (unpaired) electrons. The number of nitrogens with zero attached hydrogens (tertiary/aromatic N) is 2. The SMILES string of the molecule is CC1CN(Cc2ccncc2)CC(C)N1. The summed E-state index contributed by atoms with van der Waals surface area (Å²) in [5.74, 6) is 0. The number of hydrogen-bond donors (Lipinski definition) is 1. The summed E-state index contributed by atoms with van der Waals surface area (Å²) in [6, 6.07) is 5.38. The molecule has 3 nitrogen and oxygen atoms in total. The standard InChI is InChI=1S/C12H19N3/c1-10-7-15(8-11(2)14-10)9-12-3-5-13-6-4-12/h3-6,10-11,14H,7-9H2,1-2H3. The molecule has 0 saturated carbocycles. The summed E-state index contributed by atoms with van der Waals surface area (Å²) in [4.78, 5) is 6.54. The van der Waals surface area contributed by atoms with Gasteiger partial charge in [-0.05, 0) is 31.5 Å². The van der Waals surface area contributed by atoms with Gasteiger partial charge in [-0.3, -0.25) is 9.88 Å². The smallest absolute Gasteiger partial charge is 0.0271 e. The van der Waals surface area contributed by atoms with Crippen LogP contribution in [0.2, 0.25) is 0 Å². The molecule has 1 saturated heterocycles. The van der Waals surface area contributed by atoms with E-state index in [4.69, 9.17) is 0 Å². The van der Waals surface area contributed by atoms with Crippen molar-refractivity contribution < 1.29 is 0 Å². The third-order valence-electron chi connectivity index (χ3n) is 2.79. The highest BCUT2D eigenvalue weighted by molar-refractivity contribution is 5.09. The van der Waals surface area contributed by atoms with Gasteiger partial charge in [0, 0.05) is 44.1 Å². The Morgan fingerprint density at radius 3 is 2.47 bits per heavy atom. The van der Waals surface area contributed by atoms with Crippen molar-refractivity contribution in [2.24, 2.45) is 0 Å². The molecule has 1 N–H and O–H groups in total. The minimum Gasteiger partial charge on any atom is -0.309 e. The van der Waals surface area contributed by atoms with Gasteiger partial charge in [-0.15, -0.1) is 0 Å². The molecule has 0 aliphatic carbocycles. The van der Waals surface area contributed by atoms with Gasteiger partial charge in [0.25, 0.3) is 0 Å². The van der Waals surface area contributed by atoms with E-state index in [1.54, 1.807) is 0 Å². The van der Waals surface area contributed by atoms with Crippen LogP contribution in [-0.2, 0) is 6.54 Å². The Bertz CT molecular complexity index is 289. The highest BCUT2D eigenvalue weighted by Crippen LogP contribution is 2.09. The Balaban J connectivity index is 1.94. The minimum atomic E-state index is 0.593. The molecule has 1 aliphatic rings. The Hall–Kier alpha value is -0.930. The maximum Gasteiger partial charge on any atom is 0.0271 e. The highest BCUT2D eigenvalue weighted by Gasteiger charge is 2.20. The molecule has 15 heavy (non-hydrogen) atoms. The van der Waals surface area contributed by atoms with Gasteiger partial charge in [0.15, 0.2) is 0 Å². The van der Waals surface area contributed by atoms with E-state index in [-0.39, 0.29) is 0 Å². The van der Waals surface area contributed by atoms with Crippen LogP contribution in [0.5, 0.6) is 0 Å². The second-order valence-corrected chi connectivity index (χ2v) is 4.52. The Morgan fingerprint density at radius 2 is 1.87 bits per heavy atom. The first kappa shape index (κ1) is 10.6. The Labute approximate surface area is 91.5 Å². The fourth-order valence-corrected chi connectivity index (χ4v) is 2.32. The van der Waals surface area contributed by atoms with Gasteiger partial charge in [0.1, 0.15) is 0 Å². The highest BCUT2D eigenvalue weighted by atomic mass is 15.2. The summed E-state index contributed by atoms with van der Waals surface area (Å²) >= 11 is 0. The van der Waals surface area contributed by atoms with Crippen LogP contribution in [-0.4, -0.2) is 35.1 Å². The fourth-order valence-electron chi connectivity index (χ4n) is 2.32. The molecule has 2 atom stereocenters. The van der Waals surface area contributed by atoms with Crippen LogP contribution in [0.15, 0.2) is 24.5 Å². The predicted molar refractivity (Wildman–Crippen MR) is 61.6 cm³/mol. The number of hydrogen-bond acceptors (Lipinski definition) is 3. The lowest BCUT2D eigenvalue weighted by Gasteiger charge is -2.36. The van der Waals surface area contributed by atoms with Gasteiger partial charge < -0.3 is 5.32 Å². The first-order chi connectivity index (χ1) is 7.24. The lowest BCUT2D eigenvalue weighted by molar-refractivity contribution is 0.166. The third kappa shape index (κ3) is 3.01. The van der Waals surface area contributed by atoms with E-state index in [0.29, 0.717) is 12.1 Å². The first-order valence-corrected chi connectivity index (χ1v) is 5.61. The van der Waals surface area contributed by atoms with Crippen molar-refractivity contribution in [2.75, 3.05) is 13.1 Å². The van der Waals surface area contributed by atoms with Crippen molar-refractivity contribution in [1.29, 1.82) is 0 Å². The second kappa shape index (κ2) is 4.73. The van der Waals surface area contributed by atoms with Crippen LogP contribution in [0.4, 0.5) is 0 Å². The van der Waals surface area contributed by atoms with Crippen molar-refractivity contribution in [1.82, 2.24) is 15.2 Å². The van der Waals surface area contributed by atoms with E-state index in [2.05, 4.69) is 41.2 Å². The Kier molecular flexibility index (Phi) is 3.34. The van der Waals surface area contributed by atoms with Gasteiger partial charge in [-0.25, -0.2) is 0 Å². The van der Waals surface area contributed by atoms with Crippen LogP contribution in [0.1, 0.15) is 19.4 Å². The molecule has 2 heterocycles. The zero-order valence-electron chi connectivity index (χ0n) is 9.48. The van der Waals surface area contributed by atoms with Gasteiger partial charge in [0.2, 0.25) is 0 Å². The van der Waals surface area contributed by atoms with Crippen LogP contribution >= 0.6 is 0 Å². The van der Waals surface area contributed by atoms with E-state index < -0.39 is 0 Å². The molecular formula is C12H19N3. The van der Waals surface area contributed by atoms with Crippen molar-refractivity contribution in [3.05, 3.63) is 30.1 Å². The maximum absolute atomic E-state index is 4.04. The molecule has 3 heteroatoms. The molecule has 0 aromatic carbocycles. The van der Waals surface area contributed by atoms with Gasteiger partial charge in [0.05, 0.1) is 0 Å². The van der Waals surface area contributed by atoms with E-state index in [1.165, 1.54) is 5.56 Å².